The third-order valence-electron chi connectivity index (χ3n) is 2.54. The van der Waals surface area contributed by atoms with Crippen LogP contribution < -0.4 is 5.32 Å². The molecule has 82 valence electrons. The molecule has 0 saturated carbocycles. The van der Waals surface area contributed by atoms with Crippen molar-refractivity contribution in [2.24, 2.45) is 0 Å². The van der Waals surface area contributed by atoms with Crippen molar-refractivity contribution in [1.29, 1.82) is 0 Å². The molecule has 1 fully saturated rings. The molecule has 14 heavy (non-hydrogen) atoms. The van der Waals surface area contributed by atoms with Crippen LogP contribution in [-0.4, -0.2) is 36.4 Å². The molecule has 4 nitrogen and oxygen atoms in total. The maximum absolute atomic E-state index is 11.6. The highest BCUT2D eigenvalue weighted by atomic mass is 16.6. The second kappa shape index (κ2) is 4.17. The first-order chi connectivity index (χ1) is 6.41. The fourth-order valence-electron chi connectivity index (χ4n) is 1.23. The van der Waals surface area contributed by atoms with Gasteiger partial charge in [-0.2, -0.15) is 0 Å². The third kappa shape index (κ3) is 2.87. The van der Waals surface area contributed by atoms with Crippen molar-refractivity contribution in [3.63, 3.8) is 0 Å². The monoisotopic (exact) mass is 200 g/mol. The van der Waals surface area contributed by atoms with E-state index in [-0.39, 0.29) is 17.9 Å². The molecule has 0 bridgehead atoms. The highest BCUT2D eigenvalue weighted by Gasteiger charge is 2.26. The SMILES string of the molecule is CN(C(=O)O[C@@H]1CCCN1)C(C)(C)C. The predicted octanol–water partition coefficient (Wildman–Crippen LogP) is 1.56. The first-order valence-corrected chi connectivity index (χ1v) is 5.09. The Labute approximate surface area is 85.6 Å². The smallest absolute Gasteiger partial charge is 0.411 e. The van der Waals surface area contributed by atoms with Gasteiger partial charge in [-0.05, 0) is 40.2 Å². The molecular weight excluding hydrogens is 180 g/mol. The number of carbonyl (C=O) groups excluding carboxylic acids is 1. The van der Waals surface area contributed by atoms with E-state index < -0.39 is 0 Å². The normalized spacial score (nSPS) is 22.1. The van der Waals surface area contributed by atoms with Crippen LogP contribution in [0, 0.1) is 0 Å². The molecule has 0 aromatic carbocycles. The van der Waals surface area contributed by atoms with E-state index in [2.05, 4.69) is 5.32 Å². The zero-order chi connectivity index (χ0) is 10.8. The second-order valence-electron chi connectivity index (χ2n) is 4.70. The fourth-order valence-corrected chi connectivity index (χ4v) is 1.23. The van der Waals surface area contributed by atoms with Crippen LogP contribution in [0.2, 0.25) is 0 Å². The molecule has 1 amide bonds. The lowest BCUT2D eigenvalue weighted by molar-refractivity contribution is 0.0419. The Kier molecular flexibility index (Phi) is 3.37. The van der Waals surface area contributed by atoms with Gasteiger partial charge >= 0.3 is 6.09 Å². The number of amides is 1. The predicted molar refractivity (Wildman–Crippen MR) is 55.0 cm³/mol. The van der Waals surface area contributed by atoms with Gasteiger partial charge < -0.3 is 9.64 Å². The van der Waals surface area contributed by atoms with Crippen LogP contribution in [0.3, 0.4) is 0 Å². The molecular formula is C10H20N2O2. The van der Waals surface area contributed by atoms with Crippen molar-refractivity contribution in [1.82, 2.24) is 10.2 Å². The molecule has 4 heteroatoms. The van der Waals surface area contributed by atoms with Gasteiger partial charge in [0.2, 0.25) is 0 Å². The van der Waals surface area contributed by atoms with E-state index in [0.29, 0.717) is 0 Å². The first-order valence-electron chi connectivity index (χ1n) is 5.09. The average molecular weight is 200 g/mol. The average Bonchev–Trinajstić information content (AvgIpc) is 2.53. The van der Waals surface area contributed by atoms with Crippen LogP contribution in [-0.2, 0) is 4.74 Å². The minimum Gasteiger partial charge on any atom is -0.430 e. The van der Waals surface area contributed by atoms with Crippen LogP contribution >= 0.6 is 0 Å². The number of rotatable bonds is 1. The topological polar surface area (TPSA) is 41.6 Å². The van der Waals surface area contributed by atoms with Gasteiger partial charge in [-0.15, -0.1) is 0 Å². The summed E-state index contributed by atoms with van der Waals surface area (Å²) in [5.41, 5.74) is -0.185. The van der Waals surface area contributed by atoms with Gasteiger partial charge in [0, 0.05) is 12.6 Å². The Bertz CT molecular complexity index is 205. The van der Waals surface area contributed by atoms with Gasteiger partial charge in [-0.1, -0.05) is 0 Å². The van der Waals surface area contributed by atoms with Crippen LogP contribution in [0.4, 0.5) is 4.79 Å². The molecule has 0 spiro atoms. The van der Waals surface area contributed by atoms with Gasteiger partial charge in [-0.25, -0.2) is 4.79 Å². The summed E-state index contributed by atoms with van der Waals surface area (Å²) in [6, 6.07) is 0. The minimum atomic E-state index is -0.253. The number of carbonyl (C=O) groups is 1. The number of nitrogens with zero attached hydrogens (tertiary/aromatic N) is 1. The van der Waals surface area contributed by atoms with Crippen LogP contribution in [0.25, 0.3) is 0 Å². The van der Waals surface area contributed by atoms with E-state index in [1.54, 1.807) is 11.9 Å². The Morgan fingerprint density at radius 1 is 1.50 bits per heavy atom. The molecule has 1 saturated heterocycles. The number of nitrogens with one attached hydrogen (secondary N) is 1. The molecule has 1 aliphatic rings. The van der Waals surface area contributed by atoms with Crippen LogP contribution in [0.1, 0.15) is 33.6 Å². The van der Waals surface area contributed by atoms with Gasteiger partial charge in [0.15, 0.2) is 6.23 Å². The molecule has 1 rings (SSSR count). The molecule has 0 aromatic rings. The van der Waals surface area contributed by atoms with Crippen molar-refractivity contribution < 1.29 is 9.53 Å². The summed E-state index contributed by atoms with van der Waals surface area (Å²) < 4.78 is 5.28. The van der Waals surface area contributed by atoms with E-state index in [1.165, 1.54) is 0 Å². The number of ether oxygens (including phenoxy) is 1. The summed E-state index contributed by atoms with van der Waals surface area (Å²) in [6.45, 7) is 6.89. The van der Waals surface area contributed by atoms with Crippen molar-refractivity contribution in [2.75, 3.05) is 13.6 Å². The van der Waals surface area contributed by atoms with Crippen molar-refractivity contribution >= 4 is 6.09 Å². The first kappa shape index (κ1) is 11.3. The Morgan fingerprint density at radius 3 is 2.57 bits per heavy atom. The summed E-state index contributed by atoms with van der Waals surface area (Å²) in [7, 11) is 1.76. The summed E-state index contributed by atoms with van der Waals surface area (Å²) >= 11 is 0. The maximum atomic E-state index is 11.6. The lowest BCUT2D eigenvalue weighted by atomic mass is 10.1. The van der Waals surface area contributed by atoms with E-state index in [0.717, 1.165) is 19.4 Å². The largest absolute Gasteiger partial charge is 0.430 e. The maximum Gasteiger partial charge on any atom is 0.411 e. The van der Waals surface area contributed by atoms with Crippen molar-refractivity contribution in [3.05, 3.63) is 0 Å². The zero-order valence-electron chi connectivity index (χ0n) is 9.46. The Morgan fingerprint density at radius 2 is 2.14 bits per heavy atom. The molecule has 1 aliphatic heterocycles. The molecule has 0 aliphatic carbocycles. The molecule has 0 radical (unpaired) electrons. The summed E-state index contributed by atoms with van der Waals surface area (Å²) in [4.78, 5) is 13.2. The highest BCUT2D eigenvalue weighted by molar-refractivity contribution is 5.68. The molecule has 0 aromatic heterocycles. The van der Waals surface area contributed by atoms with E-state index in [1.807, 2.05) is 20.8 Å². The van der Waals surface area contributed by atoms with Crippen molar-refractivity contribution in [2.45, 2.75) is 45.4 Å². The van der Waals surface area contributed by atoms with Gasteiger partial charge in [0.1, 0.15) is 0 Å². The summed E-state index contributed by atoms with van der Waals surface area (Å²) in [5.74, 6) is 0. The zero-order valence-corrected chi connectivity index (χ0v) is 9.46. The van der Waals surface area contributed by atoms with Gasteiger partial charge in [0.05, 0.1) is 0 Å². The molecule has 1 atom stereocenters. The summed E-state index contributed by atoms with van der Waals surface area (Å²) in [6.07, 6.45) is 1.66. The molecule has 1 N–H and O–H groups in total. The van der Waals surface area contributed by atoms with Crippen LogP contribution in [0.15, 0.2) is 0 Å². The van der Waals surface area contributed by atoms with E-state index in [9.17, 15) is 4.79 Å². The van der Waals surface area contributed by atoms with Crippen LogP contribution in [0.5, 0.6) is 0 Å². The third-order valence-corrected chi connectivity index (χ3v) is 2.54. The molecule has 0 unspecified atom stereocenters. The standard InChI is InChI=1S/C10H20N2O2/c1-10(2,3)12(4)9(13)14-8-6-5-7-11-8/h8,11H,5-7H2,1-4H3/t8-/m1/s1. The fraction of sp³-hybridized carbons (Fsp3) is 0.900. The number of hydrogen-bond acceptors (Lipinski definition) is 3. The lowest BCUT2D eigenvalue weighted by Gasteiger charge is -2.31. The second-order valence-corrected chi connectivity index (χ2v) is 4.70. The molecule has 1 heterocycles. The van der Waals surface area contributed by atoms with Gasteiger partial charge in [-0.3, -0.25) is 5.32 Å². The number of hydrogen-bond donors (Lipinski definition) is 1. The Hall–Kier alpha value is -0.770. The quantitative estimate of drug-likeness (QED) is 0.698. The Balaban J connectivity index is 2.41. The summed E-state index contributed by atoms with van der Waals surface area (Å²) in [5, 5.41) is 3.12. The lowest BCUT2D eigenvalue weighted by Crippen LogP contribution is -2.45. The van der Waals surface area contributed by atoms with E-state index in [4.69, 9.17) is 4.74 Å². The van der Waals surface area contributed by atoms with Gasteiger partial charge in [0.25, 0.3) is 0 Å². The van der Waals surface area contributed by atoms with Crippen molar-refractivity contribution in [3.8, 4) is 0 Å². The minimum absolute atomic E-state index is 0.0905. The van der Waals surface area contributed by atoms with E-state index >= 15 is 0 Å². The highest BCUT2D eigenvalue weighted by Crippen LogP contribution is 2.14.